The summed E-state index contributed by atoms with van der Waals surface area (Å²) in [5, 5.41) is 0. The van der Waals surface area contributed by atoms with E-state index in [0.717, 1.165) is 6.54 Å². The van der Waals surface area contributed by atoms with Gasteiger partial charge in [0.05, 0.1) is 0 Å². The minimum Gasteiger partial charge on any atom is -0.326 e. The van der Waals surface area contributed by atoms with Crippen LogP contribution in [0.25, 0.3) is 0 Å². The van der Waals surface area contributed by atoms with E-state index in [9.17, 15) is 0 Å². The molecule has 1 aliphatic heterocycles. The van der Waals surface area contributed by atoms with Gasteiger partial charge in [0.2, 0.25) is 0 Å². The fraction of sp³-hybridized carbons (Fsp3) is 0.667. The molecule has 2 nitrogen and oxygen atoms in total. The van der Waals surface area contributed by atoms with Crippen molar-refractivity contribution < 1.29 is 0 Å². The van der Waals surface area contributed by atoms with E-state index in [1.54, 1.807) is 0 Å². The molecule has 0 saturated heterocycles. The van der Waals surface area contributed by atoms with Gasteiger partial charge in [-0.25, -0.2) is 5.43 Å². The lowest BCUT2D eigenvalue weighted by Crippen LogP contribution is -2.23. The number of nitrogens with one attached hydrogen (secondary N) is 2. The number of hydrogen-bond acceptors (Lipinski definition) is 2. The summed E-state index contributed by atoms with van der Waals surface area (Å²) in [6.07, 6.45) is 4.58. The van der Waals surface area contributed by atoms with Crippen LogP contribution in [0.5, 0.6) is 0 Å². The molecule has 0 bridgehead atoms. The maximum atomic E-state index is 3.07. The summed E-state index contributed by atoms with van der Waals surface area (Å²) in [5.74, 6) is 0. The van der Waals surface area contributed by atoms with E-state index >= 15 is 0 Å². The second-order valence-corrected chi connectivity index (χ2v) is 1.99. The molecule has 0 fully saturated rings. The van der Waals surface area contributed by atoms with Gasteiger partial charge in [0, 0.05) is 12.2 Å². The quantitative estimate of drug-likeness (QED) is 0.551. The Kier molecular flexibility index (Phi) is 1.92. The summed E-state index contributed by atoms with van der Waals surface area (Å²) in [5.41, 5.74) is 7.42. The van der Waals surface area contributed by atoms with Crippen LogP contribution in [0.1, 0.15) is 19.8 Å². The van der Waals surface area contributed by atoms with Crippen molar-refractivity contribution in [3.8, 4) is 0 Å². The number of rotatable bonds is 2. The Morgan fingerprint density at radius 3 is 3.12 bits per heavy atom. The molecular weight excluding hydrogens is 100 g/mol. The van der Waals surface area contributed by atoms with Crippen LogP contribution >= 0.6 is 0 Å². The van der Waals surface area contributed by atoms with Crippen LogP contribution < -0.4 is 10.9 Å². The van der Waals surface area contributed by atoms with Crippen LogP contribution in [0.15, 0.2) is 11.8 Å². The summed E-state index contributed by atoms with van der Waals surface area (Å²) >= 11 is 0. The molecule has 0 unspecified atom stereocenters. The monoisotopic (exact) mass is 112 g/mol. The number of hydrogen-bond donors (Lipinski definition) is 2. The molecule has 0 amide bonds. The molecule has 0 aromatic rings. The van der Waals surface area contributed by atoms with Crippen LogP contribution in [-0.2, 0) is 0 Å². The summed E-state index contributed by atoms with van der Waals surface area (Å²) in [6, 6.07) is 0. The Balaban J connectivity index is 2.23. The molecule has 0 aromatic carbocycles. The summed E-state index contributed by atoms with van der Waals surface area (Å²) < 4.78 is 0. The first-order valence-corrected chi connectivity index (χ1v) is 3.11. The first-order chi connectivity index (χ1) is 3.93. The van der Waals surface area contributed by atoms with Gasteiger partial charge >= 0.3 is 0 Å². The predicted octanol–water partition coefficient (Wildman–Crippen LogP) is 0.778. The molecule has 1 aliphatic rings. The van der Waals surface area contributed by atoms with E-state index in [-0.39, 0.29) is 0 Å². The molecule has 0 saturated carbocycles. The lowest BCUT2D eigenvalue weighted by atomic mass is 10.2. The van der Waals surface area contributed by atoms with Crippen molar-refractivity contribution in [3.05, 3.63) is 11.8 Å². The maximum Gasteiger partial charge on any atom is 0.0348 e. The summed E-state index contributed by atoms with van der Waals surface area (Å²) in [6.45, 7) is 3.16. The van der Waals surface area contributed by atoms with Crippen molar-refractivity contribution in [1.29, 1.82) is 0 Å². The average Bonchev–Trinajstić information content (AvgIpc) is 2.19. The molecule has 46 valence electrons. The molecule has 2 heteroatoms. The van der Waals surface area contributed by atoms with Gasteiger partial charge in [-0.15, -0.1) is 0 Å². The van der Waals surface area contributed by atoms with Crippen molar-refractivity contribution in [1.82, 2.24) is 10.9 Å². The molecule has 0 atom stereocenters. The smallest absolute Gasteiger partial charge is 0.0348 e. The topological polar surface area (TPSA) is 24.1 Å². The molecule has 0 radical (unpaired) electrons. The van der Waals surface area contributed by atoms with Crippen molar-refractivity contribution in [2.75, 3.05) is 6.54 Å². The van der Waals surface area contributed by atoms with Gasteiger partial charge in [-0.1, -0.05) is 13.3 Å². The van der Waals surface area contributed by atoms with Crippen molar-refractivity contribution in [2.45, 2.75) is 19.8 Å². The molecule has 2 N–H and O–H groups in total. The Labute approximate surface area is 49.9 Å². The van der Waals surface area contributed by atoms with Gasteiger partial charge in [0.1, 0.15) is 0 Å². The van der Waals surface area contributed by atoms with E-state index in [2.05, 4.69) is 23.9 Å². The molecule has 0 aliphatic carbocycles. The Bertz CT molecular complexity index is 96.7. The van der Waals surface area contributed by atoms with E-state index in [4.69, 9.17) is 0 Å². The van der Waals surface area contributed by atoms with Gasteiger partial charge in [0.25, 0.3) is 0 Å². The number of hydrazine groups is 1. The zero-order chi connectivity index (χ0) is 5.82. The van der Waals surface area contributed by atoms with Crippen LogP contribution in [0, 0.1) is 0 Å². The third-order valence-electron chi connectivity index (χ3n) is 1.22. The van der Waals surface area contributed by atoms with E-state index in [1.165, 1.54) is 18.5 Å². The van der Waals surface area contributed by atoms with Crippen molar-refractivity contribution in [3.63, 3.8) is 0 Å². The first-order valence-electron chi connectivity index (χ1n) is 3.11. The third kappa shape index (κ3) is 1.23. The Morgan fingerprint density at radius 1 is 1.75 bits per heavy atom. The van der Waals surface area contributed by atoms with Gasteiger partial charge < -0.3 is 5.43 Å². The first kappa shape index (κ1) is 5.63. The van der Waals surface area contributed by atoms with Gasteiger partial charge in [0.15, 0.2) is 0 Å². The Hall–Kier alpha value is -0.500. The Morgan fingerprint density at radius 2 is 2.62 bits per heavy atom. The molecule has 1 rings (SSSR count). The average molecular weight is 112 g/mol. The van der Waals surface area contributed by atoms with Gasteiger partial charge in [-0.2, -0.15) is 0 Å². The second-order valence-electron chi connectivity index (χ2n) is 1.99. The number of allylic oxidation sites excluding steroid dienone is 1. The van der Waals surface area contributed by atoms with Gasteiger partial charge in [-0.05, 0) is 12.5 Å². The molecule has 1 heterocycles. The maximum absolute atomic E-state index is 3.07. The van der Waals surface area contributed by atoms with E-state index in [0.29, 0.717) is 0 Å². The lowest BCUT2D eigenvalue weighted by Gasteiger charge is -1.98. The van der Waals surface area contributed by atoms with Crippen molar-refractivity contribution >= 4 is 0 Å². The van der Waals surface area contributed by atoms with Crippen LogP contribution in [0.2, 0.25) is 0 Å². The minimum absolute atomic E-state index is 0.981. The highest BCUT2D eigenvalue weighted by atomic mass is 15.4. The zero-order valence-corrected chi connectivity index (χ0v) is 5.20. The van der Waals surface area contributed by atoms with E-state index in [1.807, 2.05) is 0 Å². The van der Waals surface area contributed by atoms with Crippen LogP contribution in [0.3, 0.4) is 0 Å². The largest absolute Gasteiger partial charge is 0.326 e. The lowest BCUT2D eigenvalue weighted by molar-refractivity contribution is 0.668. The van der Waals surface area contributed by atoms with Crippen LogP contribution in [-0.4, -0.2) is 6.54 Å². The highest BCUT2D eigenvalue weighted by Gasteiger charge is 1.98. The van der Waals surface area contributed by atoms with Gasteiger partial charge in [-0.3, -0.25) is 0 Å². The normalized spacial score (nSPS) is 17.9. The van der Waals surface area contributed by atoms with E-state index < -0.39 is 0 Å². The zero-order valence-electron chi connectivity index (χ0n) is 5.20. The van der Waals surface area contributed by atoms with Crippen molar-refractivity contribution in [2.24, 2.45) is 0 Å². The third-order valence-corrected chi connectivity index (χ3v) is 1.22. The highest BCUT2D eigenvalue weighted by Crippen LogP contribution is 2.00. The fourth-order valence-corrected chi connectivity index (χ4v) is 0.824. The molecule has 8 heavy (non-hydrogen) atoms. The molecular formula is C6H12N2. The van der Waals surface area contributed by atoms with Crippen LogP contribution in [0.4, 0.5) is 0 Å². The molecule has 0 spiro atoms. The SMILES string of the molecule is CCCC1=CCNN1. The predicted molar refractivity (Wildman–Crippen MR) is 34.1 cm³/mol. The highest BCUT2D eigenvalue weighted by molar-refractivity contribution is 5.03. The second kappa shape index (κ2) is 2.72. The summed E-state index contributed by atoms with van der Waals surface area (Å²) in [7, 11) is 0. The molecule has 0 aromatic heterocycles. The summed E-state index contributed by atoms with van der Waals surface area (Å²) in [4.78, 5) is 0. The fourth-order valence-electron chi connectivity index (χ4n) is 0.824. The minimum atomic E-state index is 0.981. The standard InChI is InChI=1S/C6H12N2/c1-2-3-6-4-5-7-8-6/h4,7-8H,2-3,5H2,1H3.